The fourth-order valence-corrected chi connectivity index (χ4v) is 1.64. The van der Waals surface area contributed by atoms with Crippen LogP contribution < -0.4 is 5.73 Å². The van der Waals surface area contributed by atoms with Crippen LogP contribution in [0.25, 0.3) is 0 Å². The summed E-state index contributed by atoms with van der Waals surface area (Å²) < 4.78 is 3.59. The minimum absolute atomic E-state index is 0.160. The zero-order chi connectivity index (χ0) is 12.3. The predicted octanol–water partition coefficient (Wildman–Crippen LogP) is 0.289. The van der Waals surface area contributed by atoms with Gasteiger partial charge in [-0.3, -0.25) is 4.79 Å². The van der Waals surface area contributed by atoms with E-state index in [4.69, 9.17) is 5.73 Å². The molecule has 0 radical (unpaired) electrons. The second-order valence-electron chi connectivity index (χ2n) is 3.65. The molecule has 2 aromatic rings. The molecule has 0 aromatic carbocycles. The number of imidazole rings is 2. The zero-order valence-corrected chi connectivity index (χ0v) is 9.71. The van der Waals surface area contributed by atoms with Gasteiger partial charge < -0.3 is 14.9 Å². The van der Waals surface area contributed by atoms with Gasteiger partial charge in [-0.15, -0.1) is 0 Å². The van der Waals surface area contributed by atoms with Crippen LogP contribution in [0.2, 0.25) is 0 Å². The van der Waals surface area contributed by atoms with E-state index in [1.54, 1.807) is 34.1 Å². The molecule has 2 rings (SSSR count). The van der Waals surface area contributed by atoms with E-state index >= 15 is 0 Å². The van der Waals surface area contributed by atoms with Gasteiger partial charge in [0.25, 0.3) is 0 Å². The molecule has 0 amide bonds. The smallest absolute Gasteiger partial charge is 0.248 e. The second-order valence-corrected chi connectivity index (χ2v) is 3.65. The predicted molar refractivity (Wildman–Crippen MR) is 62.6 cm³/mol. The SMILES string of the molecule is CCn1ccnc1C(=O)c1cn(CCN)cn1. The van der Waals surface area contributed by atoms with Crippen LogP contribution in [0.15, 0.2) is 24.9 Å². The van der Waals surface area contributed by atoms with Crippen LogP contribution in [-0.2, 0) is 13.1 Å². The van der Waals surface area contributed by atoms with Crippen LogP contribution in [0, 0.1) is 0 Å². The summed E-state index contributed by atoms with van der Waals surface area (Å²) >= 11 is 0. The topological polar surface area (TPSA) is 78.7 Å². The minimum atomic E-state index is -0.160. The standard InChI is InChI=1S/C11H15N5O/c1-2-16-6-4-13-11(16)10(17)9-7-15(5-3-12)8-14-9/h4,6-8H,2-3,5,12H2,1H3. The first kappa shape index (κ1) is 11.5. The van der Waals surface area contributed by atoms with Crippen LogP contribution in [-0.4, -0.2) is 31.4 Å². The molecule has 0 saturated heterocycles. The molecule has 90 valence electrons. The van der Waals surface area contributed by atoms with Gasteiger partial charge in [0.05, 0.1) is 6.33 Å². The molecule has 17 heavy (non-hydrogen) atoms. The highest BCUT2D eigenvalue weighted by Crippen LogP contribution is 2.06. The van der Waals surface area contributed by atoms with Gasteiger partial charge in [0, 0.05) is 38.2 Å². The summed E-state index contributed by atoms with van der Waals surface area (Å²) in [6.45, 7) is 3.85. The number of ketones is 1. The van der Waals surface area contributed by atoms with Crippen molar-refractivity contribution < 1.29 is 4.79 Å². The molecule has 0 aliphatic heterocycles. The summed E-state index contributed by atoms with van der Waals surface area (Å²) in [5.74, 6) is 0.262. The maximum absolute atomic E-state index is 12.1. The summed E-state index contributed by atoms with van der Waals surface area (Å²) in [5.41, 5.74) is 5.84. The molecule has 0 spiro atoms. The highest BCUT2D eigenvalue weighted by molar-refractivity contribution is 6.05. The molecule has 0 aliphatic carbocycles. The van der Waals surface area contributed by atoms with Gasteiger partial charge in [-0.25, -0.2) is 9.97 Å². The van der Waals surface area contributed by atoms with Crippen molar-refractivity contribution >= 4 is 5.78 Å². The molecule has 0 aliphatic rings. The van der Waals surface area contributed by atoms with E-state index in [2.05, 4.69) is 9.97 Å². The maximum atomic E-state index is 12.1. The van der Waals surface area contributed by atoms with Gasteiger partial charge in [-0.05, 0) is 6.92 Å². The fourth-order valence-electron chi connectivity index (χ4n) is 1.64. The lowest BCUT2D eigenvalue weighted by Crippen LogP contribution is -2.11. The quantitative estimate of drug-likeness (QED) is 0.753. The van der Waals surface area contributed by atoms with Gasteiger partial charge in [-0.1, -0.05) is 0 Å². The number of carbonyl (C=O) groups excluding carboxylic acids is 1. The van der Waals surface area contributed by atoms with Crippen molar-refractivity contribution in [1.29, 1.82) is 0 Å². The van der Waals surface area contributed by atoms with Crippen LogP contribution >= 0.6 is 0 Å². The van der Waals surface area contributed by atoms with E-state index in [0.717, 1.165) is 0 Å². The third kappa shape index (κ3) is 2.26. The second kappa shape index (κ2) is 4.92. The molecule has 0 fully saturated rings. The molecular weight excluding hydrogens is 218 g/mol. The van der Waals surface area contributed by atoms with Gasteiger partial charge in [0.2, 0.25) is 5.78 Å². The average molecular weight is 233 g/mol. The molecule has 0 unspecified atom stereocenters. The largest absolute Gasteiger partial charge is 0.335 e. The summed E-state index contributed by atoms with van der Waals surface area (Å²) in [6, 6.07) is 0. The molecule has 2 aromatic heterocycles. The van der Waals surface area contributed by atoms with Crippen molar-refractivity contribution in [2.75, 3.05) is 6.54 Å². The molecule has 2 heterocycles. The average Bonchev–Trinajstić information content (AvgIpc) is 2.96. The monoisotopic (exact) mass is 233 g/mol. The molecular formula is C11H15N5O. The third-order valence-electron chi connectivity index (χ3n) is 2.51. The number of rotatable bonds is 5. The lowest BCUT2D eigenvalue weighted by molar-refractivity contribution is 0.102. The Bertz CT molecular complexity index is 513. The Balaban J connectivity index is 2.24. The number of hydrogen-bond acceptors (Lipinski definition) is 4. The number of hydrogen-bond donors (Lipinski definition) is 1. The fraction of sp³-hybridized carbons (Fsp3) is 0.364. The van der Waals surface area contributed by atoms with Gasteiger partial charge in [-0.2, -0.15) is 0 Å². The van der Waals surface area contributed by atoms with Crippen LogP contribution in [0.3, 0.4) is 0 Å². The van der Waals surface area contributed by atoms with E-state index in [1.165, 1.54) is 0 Å². The summed E-state index contributed by atoms with van der Waals surface area (Å²) in [6.07, 6.45) is 6.71. The molecule has 6 heteroatoms. The number of nitrogens with two attached hydrogens (primary N) is 1. The van der Waals surface area contributed by atoms with Crippen molar-refractivity contribution in [3.63, 3.8) is 0 Å². The molecule has 2 N–H and O–H groups in total. The van der Waals surface area contributed by atoms with E-state index in [0.29, 0.717) is 31.2 Å². The van der Waals surface area contributed by atoms with E-state index < -0.39 is 0 Å². The molecule has 0 saturated carbocycles. The first-order chi connectivity index (χ1) is 8.26. The Morgan fingerprint density at radius 3 is 3.00 bits per heavy atom. The summed E-state index contributed by atoms with van der Waals surface area (Å²) in [4.78, 5) is 20.2. The molecule has 6 nitrogen and oxygen atoms in total. The Kier molecular flexibility index (Phi) is 3.34. The number of aromatic nitrogens is 4. The highest BCUT2D eigenvalue weighted by atomic mass is 16.1. The van der Waals surface area contributed by atoms with E-state index in [-0.39, 0.29) is 5.78 Å². The van der Waals surface area contributed by atoms with Crippen LogP contribution in [0.4, 0.5) is 0 Å². The normalized spacial score (nSPS) is 10.7. The summed E-state index contributed by atoms with van der Waals surface area (Å²) in [5, 5.41) is 0. The van der Waals surface area contributed by atoms with Crippen LogP contribution in [0.5, 0.6) is 0 Å². The first-order valence-electron chi connectivity index (χ1n) is 5.54. The van der Waals surface area contributed by atoms with E-state index in [9.17, 15) is 4.79 Å². The Hall–Kier alpha value is -1.95. The Morgan fingerprint density at radius 1 is 1.47 bits per heavy atom. The summed E-state index contributed by atoms with van der Waals surface area (Å²) in [7, 11) is 0. The zero-order valence-electron chi connectivity index (χ0n) is 9.71. The number of carbonyl (C=O) groups is 1. The van der Waals surface area contributed by atoms with Crippen molar-refractivity contribution in [2.24, 2.45) is 5.73 Å². The third-order valence-corrected chi connectivity index (χ3v) is 2.51. The lowest BCUT2D eigenvalue weighted by Gasteiger charge is -2.01. The Morgan fingerprint density at radius 2 is 2.29 bits per heavy atom. The number of nitrogens with zero attached hydrogens (tertiary/aromatic N) is 4. The highest BCUT2D eigenvalue weighted by Gasteiger charge is 2.16. The van der Waals surface area contributed by atoms with Crippen molar-refractivity contribution in [3.05, 3.63) is 36.4 Å². The van der Waals surface area contributed by atoms with Gasteiger partial charge >= 0.3 is 0 Å². The van der Waals surface area contributed by atoms with Crippen molar-refractivity contribution in [2.45, 2.75) is 20.0 Å². The van der Waals surface area contributed by atoms with Gasteiger partial charge in [0.1, 0.15) is 5.69 Å². The minimum Gasteiger partial charge on any atom is -0.335 e. The van der Waals surface area contributed by atoms with E-state index in [1.807, 2.05) is 6.92 Å². The maximum Gasteiger partial charge on any atom is 0.248 e. The van der Waals surface area contributed by atoms with Gasteiger partial charge in [0.15, 0.2) is 5.82 Å². The molecule has 0 atom stereocenters. The Labute approximate surface area is 99.1 Å². The first-order valence-corrected chi connectivity index (χ1v) is 5.54. The lowest BCUT2D eigenvalue weighted by atomic mass is 10.3. The van der Waals surface area contributed by atoms with Crippen molar-refractivity contribution in [3.8, 4) is 0 Å². The van der Waals surface area contributed by atoms with Crippen LogP contribution in [0.1, 0.15) is 23.2 Å². The number of aryl methyl sites for hydroxylation is 1. The molecule has 0 bridgehead atoms. The van der Waals surface area contributed by atoms with Crippen molar-refractivity contribution in [1.82, 2.24) is 19.1 Å².